The molecule has 19 heavy (non-hydrogen) atoms. The van der Waals surface area contributed by atoms with Gasteiger partial charge in [0, 0.05) is 31.7 Å². The zero-order valence-electron chi connectivity index (χ0n) is 10.4. The van der Waals surface area contributed by atoms with Gasteiger partial charge in [-0.25, -0.2) is 8.78 Å². The lowest BCUT2D eigenvalue weighted by atomic mass is 10.0. The first-order valence-electron chi connectivity index (χ1n) is 6.10. The number of nitrogens with one attached hydrogen (secondary N) is 1. The van der Waals surface area contributed by atoms with Crippen molar-refractivity contribution in [1.82, 2.24) is 10.2 Å². The third kappa shape index (κ3) is 2.83. The van der Waals surface area contributed by atoms with E-state index in [1.807, 2.05) is 11.0 Å². The summed E-state index contributed by atoms with van der Waals surface area (Å²) in [5.74, 6) is -1.46. The summed E-state index contributed by atoms with van der Waals surface area (Å²) in [6.45, 7) is 1.94. The first-order valence-corrected chi connectivity index (χ1v) is 6.10. The van der Waals surface area contributed by atoms with Gasteiger partial charge in [0.2, 0.25) is 0 Å². The van der Waals surface area contributed by atoms with Crippen molar-refractivity contribution in [3.05, 3.63) is 29.1 Å². The highest BCUT2D eigenvalue weighted by Crippen LogP contribution is 2.32. The molecular formula is C13H15F2N3O. The highest BCUT2D eigenvalue weighted by molar-refractivity contribution is 5.44. The minimum absolute atomic E-state index is 0.0823. The van der Waals surface area contributed by atoms with Crippen LogP contribution in [0.2, 0.25) is 0 Å². The van der Waals surface area contributed by atoms with E-state index < -0.39 is 24.3 Å². The average molecular weight is 267 g/mol. The fraction of sp³-hybridized carbons (Fsp3) is 0.462. The predicted octanol–water partition coefficient (Wildman–Crippen LogP) is 1.32. The summed E-state index contributed by atoms with van der Waals surface area (Å²) in [5.41, 5.74) is 0.222. The molecule has 1 aromatic rings. The molecule has 0 radical (unpaired) electrons. The number of benzene rings is 1. The topological polar surface area (TPSA) is 59.3 Å². The van der Waals surface area contributed by atoms with Crippen molar-refractivity contribution in [3.63, 3.8) is 0 Å². The molecule has 1 fully saturated rings. The van der Waals surface area contributed by atoms with Gasteiger partial charge in [0.05, 0.1) is 17.7 Å². The van der Waals surface area contributed by atoms with Gasteiger partial charge < -0.3 is 10.4 Å². The molecule has 0 aromatic heterocycles. The average Bonchev–Trinajstić information content (AvgIpc) is 2.45. The number of phenols is 1. The van der Waals surface area contributed by atoms with E-state index in [1.165, 1.54) is 6.07 Å². The van der Waals surface area contributed by atoms with E-state index in [4.69, 9.17) is 5.26 Å². The van der Waals surface area contributed by atoms with Crippen LogP contribution < -0.4 is 5.32 Å². The molecule has 0 bridgehead atoms. The number of phenolic OH excluding ortho intramolecular Hbond substituents is 1. The normalized spacial score (nSPS) is 17.9. The Morgan fingerprint density at radius 1 is 1.42 bits per heavy atom. The fourth-order valence-corrected chi connectivity index (χ4v) is 2.31. The van der Waals surface area contributed by atoms with Crippen molar-refractivity contribution >= 4 is 0 Å². The Balaban J connectivity index is 2.37. The van der Waals surface area contributed by atoms with Crippen LogP contribution in [0, 0.1) is 17.1 Å². The lowest BCUT2D eigenvalue weighted by molar-refractivity contribution is 0.144. The Bertz CT molecular complexity index is 495. The minimum Gasteiger partial charge on any atom is -0.505 e. The van der Waals surface area contributed by atoms with Gasteiger partial charge in [0.15, 0.2) is 11.6 Å². The molecule has 0 aliphatic carbocycles. The second kappa shape index (κ2) is 5.95. The maximum absolute atomic E-state index is 13.5. The largest absolute Gasteiger partial charge is 0.505 e. The van der Waals surface area contributed by atoms with Crippen molar-refractivity contribution in [3.8, 4) is 11.8 Å². The van der Waals surface area contributed by atoms with Crippen LogP contribution in [0.4, 0.5) is 8.78 Å². The number of hydrogen-bond acceptors (Lipinski definition) is 4. The van der Waals surface area contributed by atoms with Gasteiger partial charge in [-0.1, -0.05) is 0 Å². The van der Waals surface area contributed by atoms with Crippen LogP contribution in [0.25, 0.3) is 0 Å². The number of piperazine rings is 1. The third-order valence-corrected chi connectivity index (χ3v) is 3.32. The van der Waals surface area contributed by atoms with Gasteiger partial charge in [-0.2, -0.15) is 5.26 Å². The molecular weight excluding hydrogens is 252 g/mol. The SMILES string of the molecule is N#Cc1cc(F)c(O)c([C@H](CF)N2CCNCC2)c1. The van der Waals surface area contributed by atoms with Gasteiger partial charge in [-0.15, -0.1) is 0 Å². The first-order chi connectivity index (χ1) is 9.17. The van der Waals surface area contributed by atoms with E-state index in [2.05, 4.69) is 5.32 Å². The lowest BCUT2D eigenvalue weighted by Gasteiger charge is -2.33. The number of nitrogens with zero attached hydrogens (tertiary/aromatic N) is 2. The Morgan fingerprint density at radius 2 is 2.11 bits per heavy atom. The van der Waals surface area contributed by atoms with Crippen molar-refractivity contribution in [2.45, 2.75) is 6.04 Å². The van der Waals surface area contributed by atoms with E-state index in [9.17, 15) is 13.9 Å². The molecule has 1 saturated heterocycles. The summed E-state index contributed by atoms with van der Waals surface area (Å²) in [4.78, 5) is 1.84. The molecule has 1 aliphatic heterocycles. The van der Waals surface area contributed by atoms with Gasteiger partial charge in [-0.05, 0) is 12.1 Å². The van der Waals surface area contributed by atoms with Crippen LogP contribution in [0.15, 0.2) is 12.1 Å². The van der Waals surface area contributed by atoms with E-state index in [1.54, 1.807) is 0 Å². The summed E-state index contributed by atoms with van der Waals surface area (Å²) >= 11 is 0. The monoisotopic (exact) mass is 267 g/mol. The van der Waals surface area contributed by atoms with Crippen molar-refractivity contribution < 1.29 is 13.9 Å². The van der Waals surface area contributed by atoms with E-state index in [-0.39, 0.29) is 11.1 Å². The number of nitriles is 1. The standard InChI is InChI=1S/C13H15F2N3O/c14-7-12(18-3-1-17-2-4-18)10-5-9(8-16)6-11(15)13(10)19/h5-6,12,17,19H,1-4,7H2/t12-/m0/s1. The van der Waals surface area contributed by atoms with E-state index in [0.717, 1.165) is 19.2 Å². The molecule has 0 saturated carbocycles. The smallest absolute Gasteiger partial charge is 0.166 e. The maximum Gasteiger partial charge on any atom is 0.166 e. The molecule has 2 N–H and O–H groups in total. The quantitative estimate of drug-likeness (QED) is 0.867. The fourth-order valence-electron chi connectivity index (χ4n) is 2.31. The zero-order valence-corrected chi connectivity index (χ0v) is 10.4. The summed E-state index contributed by atoms with van der Waals surface area (Å²) < 4.78 is 26.8. The summed E-state index contributed by atoms with van der Waals surface area (Å²) in [6.07, 6.45) is 0. The summed E-state index contributed by atoms with van der Waals surface area (Å²) in [6, 6.07) is 3.40. The summed E-state index contributed by atoms with van der Waals surface area (Å²) in [5, 5.41) is 21.7. The summed E-state index contributed by atoms with van der Waals surface area (Å²) in [7, 11) is 0. The molecule has 6 heteroatoms. The zero-order chi connectivity index (χ0) is 13.8. The predicted molar refractivity (Wildman–Crippen MR) is 65.9 cm³/mol. The molecule has 0 amide bonds. The molecule has 102 valence electrons. The van der Waals surface area contributed by atoms with Crippen LogP contribution in [0.5, 0.6) is 5.75 Å². The Kier molecular flexibility index (Phi) is 4.30. The Labute approximate surface area is 110 Å². The maximum atomic E-state index is 13.5. The molecule has 2 rings (SSSR count). The van der Waals surface area contributed by atoms with Gasteiger partial charge >= 0.3 is 0 Å². The van der Waals surface area contributed by atoms with Gasteiger partial charge in [-0.3, -0.25) is 4.90 Å². The number of hydrogen-bond donors (Lipinski definition) is 2. The van der Waals surface area contributed by atoms with Gasteiger partial charge in [0.1, 0.15) is 6.67 Å². The molecule has 1 heterocycles. The molecule has 4 nitrogen and oxygen atoms in total. The van der Waals surface area contributed by atoms with Crippen molar-refractivity contribution in [2.75, 3.05) is 32.9 Å². The molecule has 1 aliphatic rings. The van der Waals surface area contributed by atoms with Crippen LogP contribution >= 0.6 is 0 Å². The highest BCUT2D eigenvalue weighted by atomic mass is 19.1. The van der Waals surface area contributed by atoms with Gasteiger partial charge in [0.25, 0.3) is 0 Å². The number of rotatable bonds is 3. The van der Waals surface area contributed by atoms with Crippen LogP contribution in [0.3, 0.4) is 0 Å². The number of aromatic hydroxyl groups is 1. The van der Waals surface area contributed by atoms with E-state index in [0.29, 0.717) is 13.1 Å². The molecule has 1 atom stereocenters. The lowest BCUT2D eigenvalue weighted by Crippen LogP contribution is -2.45. The molecule has 0 spiro atoms. The second-order valence-corrected chi connectivity index (χ2v) is 4.46. The molecule has 1 aromatic carbocycles. The first kappa shape index (κ1) is 13.7. The highest BCUT2D eigenvalue weighted by Gasteiger charge is 2.26. The Morgan fingerprint density at radius 3 is 2.68 bits per heavy atom. The van der Waals surface area contributed by atoms with E-state index >= 15 is 0 Å². The second-order valence-electron chi connectivity index (χ2n) is 4.46. The number of alkyl halides is 1. The molecule has 0 unspecified atom stereocenters. The number of halogens is 2. The third-order valence-electron chi connectivity index (χ3n) is 3.32. The van der Waals surface area contributed by atoms with Crippen molar-refractivity contribution in [2.24, 2.45) is 0 Å². The minimum atomic E-state index is -0.886. The van der Waals surface area contributed by atoms with Crippen LogP contribution in [-0.2, 0) is 0 Å². The Hall–Kier alpha value is -1.71. The van der Waals surface area contributed by atoms with Crippen LogP contribution in [-0.4, -0.2) is 42.9 Å². The van der Waals surface area contributed by atoms with Crippen molar-refractivity contribution in [1.29, 1.82) is 5.26 Å². The van der Waals surface area contributed by atoms with Crippen LogP contribution in [0.1, 0.15) is 17.2 Å².